The molecule has 0 bridgehead atoms. The van der Waals surface area contributed by atoms with Crippen molar-refractivity contribution in [3.8, 4) is 0 Å². The smallest absolute Gasteiger partial charge is 0.170 e. The second-order valence-corrected chi connectivity index (χ2v) is 8.49. The lowest BCUT2D eigenvalue weighted by Gasteiger charge is -2.27. The number of nitrogens with zero attached hydrogens (tertiary/aromatic N) is 4. The van der Waals surface area contributed by atoms with E-state index in [9.17, 15) is 0 Å². The fourth-order valence-electron chi connectivity index (χ4n) is 4.53. The molecule has 5 heterocycles. The van der Waals surface area contributed by atoms with E-state index in [4.69, 9.17) is 16.6 Å². The van der Waals surface area contributed by atoms with Crippen LogP contribution < -0.4 is 5.32 Å². The highest BCUT2D eigenvalue weighted by molar-refractivity contribution is 7.80. The Balaban J connectivity index is 1.56. The van der Waals surface area contributed by atoms with Crippen LogP contribution in [-0.4, -0.2) is 24.5 Å². The van der Waals surface area contributed by atoms with E-state index in [0.29, 0.717) is 11.7 Å². The van der Waals surface area contributed by atoms with E-state index in [1.807, 2.05) is 42.9 Å². The number of pyridine rings is 2. The van der Waals surface area contributed by atoms with Crippen LogP contribution in [0.25, 0.3) is 0 Å². The Hall–Kier alpha value is -3.45. The van der Waals surface area contributed by atoms with Crippen LogP contribution >= 0.6 is 12.2 Å². The number of nitrogens with one attached hydrogen (secondary N) is 1. The van der Waals surface area contributed by atoms with Crippen molar-refractivity contribution in [3.05, 3.63) is 107 Å². The Morgan fingerprint density at radius 2 is 1.88 bits per heavy atom. The van der Waals surface area contributed by atoms with Crippen molar-refractivity contribution in [1.82, 2.24) is 24.8 Å². The largest absolute Gasteiger partial charge is 0.467 e. The summed E-state index contributed by atoms with van der Waals surface area (Å²) in [5.74, 6) is 0.881. The SMILES string of the molecule is Cc1cc([C@H]2[C@@H](c3ccccn3)NC(=S)N2Cc2ccco2)c(C)n1Cc1ccncc1. The maximum Gasteiger partial charge on any atom is 0.170 e. The van der Waals surface area contributed by atoms with Gasteiger partial charge in [0.05, 0.1) is 30.6 Å². The molecule has 0 aromatic carbocycles. The van der Waals surface area contributed by atoms with Crippen molar-refractivity contribution in [2.45, 2.75) is 39.0 Å². The second kappa shape index (κ2) is 8.59. The van der Waals surface area contributed by atoms with Gasteiger partial charge in [0.15, 0.2) is 5.11 Å². The van der Waals surface area contributed by atoms with Crippen molar-refractivity contribution in [2.75, 3.05) is 0 Å². The fourth-order valence-corrected chi connectivity index (χ4v) is 4.83. The average molecular weight is 444 g/mol. The van der Waals surface area contributed by atoms with Crippen molar-refractivity contribution >= 4 is 17.3 Å². The van der Waals surface area contributed by atoms with Gasteiger partial charge in [0, 0.05) is 36.5 Å². The molecule has 1 aliphatic heterocycles. The number of aromatic nitrogens is 3. The number of hydrogen-bond acceptors (Lipinski definition) is 4. The topological polar surface area (TPSA) is 59.1 Å². The third-order valence-corrected chi connectivity index (χ3v) is 6.48. The third kappa shape index (κ3) is 3.80. The van der Waals surface area contributed by atoms with Crippen LogP contribution in [0.2, 0.25) is 0 Å². The highest BCUT2D eigenvalue weighted by Crippen LogP contribution is 2.41. The first-order chi connectivity index (χ1) is 15.6. The monoisotopic (exact) mass is 443 g/mol. The molecule has 0 saturated carbocycles. The molecule has 2 atom stereocenters. The first-order valence-corrected chi connectivity index (χ1v) is 11.1. The summed E-state index contributed by atoms with van der Waals surface area (Å²) in [6.45, 7) is 5.74. The molecule has 5 rings (SSSR count). The highest BCUT2D eigenvalue weighted by atomic mass is 32.1. The molecule has 32 heavy (non-hydrogen) atoms. The number of hydrogen-bond donors (Lipinski definition) is 1. The Bertz CT molecular complexity index is 1200. The van der Waals surface area contributed by atoms with Gasteiger partial charge in [0.2, 0.25) is 0 Å². The van der Waals surface area contributed by atoms with Crippen LogP contribution in [0.1, 0.15) is 46.1 Å². The molecule has 0 unspecified atom stereocenters. The van der Waals surface area contributed by atoms with Gasteiger partial charge in [-0.1, -0.05) is 6.07 Å². The van der Waals surface area contributed by atoms with Crippen LogP contribution in [0, 0.1) is 13.8 Å². The van der Waals surface area contributed by atoms with Crippen molar-refractivity contribution in [2.24, 2.45) is 0 Å². The maximum absolute atomic E-state index is 5.79. The fraction of sp³-hybridized carbons (Fsp3) is 0.240. The van der Waals surface area contributed by atoms with E-state index in [-0.39, 0.29) is 12.1 Å². The zero-order valence-corrected chi connectivity index (χ0v) is 18.9. The van der Waals surface area contributed by atoms with Gasteiger partial charge in [-0.05, 0) is 79.7 Å². The van der Waals surface area contributed by atoms with Gasteiger partial charge in [-0.2, -0.15) is 0 Å². The lowest BCUT2D eigenvalue weighted by Crippen LogP contribution is -2.29. The minimum atomic E-state index is -0.0477. The summed E-state index contributed by atoms with van der Waals surface area (Å²) in [6.07, 6.45) is 7.21. The predicted molar refractivity (Wildman–Crippen MR) is 127 cm³/mol. The van der Waals surface area contributed by atoms with Crippen molar-refractivity contribution in [3.63, 3.8) is 0 Å². The number of thiocarbonyl (C=S) groups is 1. The lowest BCUT2D eigenvalue weighted by atomic mass is 9.96. The van der Waals surface area contributed by atoms with E-state index in [0.717, 1.165) is 18.0 Å². The van der Waals surface area contributed by atoms with Crippen LogP contribution in [-0.2, 0) is 13.1 Å². The Morgan fingerprint density at radius 1 is 1.03 bits per heavy atom. The number of aryl methyl sites for hydroxylation is 1. The van der Waals surface area contributed by atoms with Crippen LogP contribution in [0.3, 0.4) is 0 Å². The summed E-state index contributed by atoms with van der Waals surface area (Å²) in [7, 11) is 0. The van der Waals surface area contributed by atoms with Gasteiger partial charge in [0.25, 0.3) is 0 Å². The van der Waals surface area contributed by atoms with E-state index < -0.39 is 0 Å². The molecule has 4 aromatic rings. The predicted octanol–water partition coefficient (Wildman–Crippen LogP) is 4.71. The van der Waals surface area contributed by atoms with Crippen LogP contribution in [0.4, 0.5) is 0 Å². The summed E-state index contributed by atoms with van der Waals surface area (Å²) in [5, 5.41) is 4.23. The molecule has 0 spiro atoms. The highest BCUT2D eigenvalue weighted by Gasteiger charge is 2.41. The van der Waals surface area contributed by atoms with Crippen molar-refractivity contribution < 1.29 is 4.42 Å². The third-order valence-electron chi connectivity index (χ3n) is 6.13. The van der Waals surface area contributed by atoms with Gasteiger partial charge < -0.3 is 19.2 Å². The standard InChI is InChI=1S/C25H25N5OS/c1-17-14-21(18(2)29(17)15-19-8-11-26-12-9-19)24-23(22-7-3-4-10-27-22)28-25(32)30(24)16-20-6-5-13-31-20/h3-14,23-24H,15-16H2,1-2H3,(H,28,32)/t23-,24+/m1/s1. The molecular weight excluding hydrogens is 418 g/mol. The number of furan rings is 1. The first-order valence-electron chi connectivity index (χ1n) is 10.7. The summed E-state index contributed by atoms with van der Waals surface area (Å²) in [4.78, 5) is 11.0. The molecule has 1 aliphatic rings. The van der Waals surface area contributed by atoms with E-state index in [1.165, 1.54) is 22.5 Å². The molecule has 0 amide bonds. The maximum atomic E-state index is 5.79. The Morgan fingerprint density at radius 3 is 2.59 bits per heavy atom. The summed E-state index contributed by atoms with van der Waals surface area (Å²) >= 11 is 5.79. The molecule has 1 fully saturated rings. The van der Waals surface area contributed by atoms with Crippen LogP contribution in [0.5, 0.6) is 0 Å². The summed E-state index contributed by atoms with van der Waals surface area (Å²) < 4.78 is 8.01. The average Bonchev–Trinajstić information content (AvgIpc) is 3.51. The van der Waals surface area contributed by atoms with E-state index in [1.54, 1.807) is 6.26 Å². The molecule has 4 aromatic heterocycles. The van der Waals surface area contributed by atoms with Gasteiger partial charge in [0.1, 0.15) is 5.76 Å². The Kier molecular flexibility index (Phi) is 5.49. The van der Waals surface area contributed by atoms with E-state index in [2.05, 4.69) is 62.9 Å². The molecule has 162 valence electrons. The minimum absolute atomic E-state index is 0.000102. The quantitative estimate of drug-likeness (QED) is 0.436. The van der Waals surface area contributed by atoms with Crippen LogP contribution in [0.15, 0.2) is 77.8 Å². The normalized spacial score (nSPS) is 18.2. The lowest BCUT2D eigenvalue weighted by molar-refractivity contribution is 0.286. The molecule has 0 radical (unpaired) electrons. The molecule has 1 N–H and O–H groups in total. The van der Waals surface area contributed by atoms with Gasteiger partial charge >= 0.3 is 0 Å². The minimum Gasteiger partial charge on any atom is -0.467 e. The molecule has 7 heteroatoms. The first kappa shape index (κ1) is 20.5. The van der Waals surface area contributed by atoms with E-state index >= 15 is 0 Å². The Labute approximate surface area is 192 Å². The molecule has 1 saturated heterocycles. The van der Waals surface area contributed by atoms with Gasteiger partial charge in [-0.25, -0.2) is 0 Å². The zero-order chi connectivity index (χ0) is 22.1. The molecule has 0 aliphatic carbocycles. The molecular formula is C25H25N5OS. The summed E-state index contributed by atoms with van der Waals surface area (Å²) in [6, 6.07) is 16.3. The van der Waals surface area contributed by atoms with Crippen molar-refractivity contribution in [1.29, 1.82) is 0 Å². The van der Waals surface area contributed by atoms with Gasteiger partial charge in [-0.15, -0.1) is 0 Å². The second-order valence-electron chi connectivity index (χ2n) is 8.10. The molecule has 6 nitrogen and oxygen atoms in total. The van der Waals surface area contributed by atoms with Gasteiger partial charge in [-0.3, -0.25) is 9.97 Å². The zero-order valence-electron chi connectivity index (χ0n) is 18.1. The number of rotatable bonds is 6. The summed E-state index contributed by atoms with van der Waals surface area (Å²) in [5.41, 5.74) is 5.88.